The highest BCUT2D eigenvalue weighted by Crippen LogP contribution is 2.12. The maximum atomic E-state index is 4.84. The lowest BCUT2D eigenvalue weighted by atomic mass is 10.3. The molecule has 0 amide bonds. The Labute approximate surface area is 79.8 Å². The van der Waals surface area contributed by atoms with Gasteiger partial charge in [0, 0.05) is 12.7 Å². The molecule has 2 N–H and O–H groups in total. The lowest BCUT2D eigenvalue weighted by molar-refractivity contribution is 0.741. The van der Waals surface area contributed by atoms with Crippen molar-refractivity contribution in [1.82, 2.24) is 25.0 Å². The molecule has 13 heavy (non-hydrogen) atoms. The normalized spacial score (nSPS) is 10.6. The molecule has 68 valence electrons. The number of hydrogen-bond donors (Lipinski definition) is 2. The number of nitrogens with one attached hydrogen (secondary N) is 2. The molecule has 6 heteroatoms. The van der Waals surface area contributed by atoms with Crippen molar-refractivity contribution in [3.8, 4) is 11.5 Å². The molecule has 2 aromatic heterocycles. The fraction of sp³-hybridized carbons (Fsp3) is 0.286. The SMILES string of the molecule is Cc1cc(-c2nc(=S)[nH][nH]2)nn1C. The van der Waals surface area contributed by atoms with Gasteiger partial charge in [-0.05, 0) is 25.2 Å². The van der Waals surface area contributed by atoms with Crippen molar-refractivity contribution in [2.75, 3.05) is 0 Å². The largest absolute Gasteiger partial charge is 0.280 e. The molecule has 0 aromatic carbocycles. The van der Waals surface area contributed by atoms with Crippen LogP contribution in [-0.2, 0) is 7.05 Å². The van der Waals surface area contributed by atoms with Gasteiger partial charge in [-0.15, -0.1) is 0 Å². The van der Waals surface area contributed by atoms with Crippen LogP contribution in [0.4, 0.5) is 0 Å². The Balaban J connectivity index is 2.52. The molecule has 2 heterocycles. The van der Waals surface area contributed by atoms with E-state index in [2.05, 4.69) is 20.3 Å². The first-order valence-corrected chi connectivity index (χ1v) is 4.23. The monoisotopic (exact) mass is 195 g/mol. The van der Waals surface area contributed by atoms with Gasteiger partial charge in [-0.3, -0.25) is 14.9 Å². The third-order valence-electron chi connectivity index (χ3n) is 1.86. The molecule has 2 rings (SSSR count). The van der Waals surface area contributed by atoms with Crippen molar-refractivity contribution in [3.05, 3.63) is 16.5 Å². The van der Waals surface area contributed by atoms with Crippen molar-refractivity contribution >= 4 is 12.2 Å². The van der Waals surface area contributed by atoms with E-state index in [0.29, 0.717) is 10.6 Å². The average molecular weight is 195 g/mol. The van der Waals surface area contributed by atoms with Gasteiger partial charge in [-0.25, -0.2) is 0 Å². The molecule has 0 atom stereocenters. The second kappa shape index (κ2) is 2.81. The van der Waals surface area contributed by atoms with Gasteiger partial charge in [0.05, 0.1) is 0 Å². The van der Waals surface area contributed by atoms with Crippen LogP contribution in [-0.4, -0.2) is 25.0 Å². The van der Waals surface area contributed by atoms with E-state index >= 15 is 0 Å². The van der Waals surface area contributed by atoms with Crippen molar-refractivity contribution in [3.63, 3.8) is 0 Å². The van der Waals surface area contributed by atoms with Gasteiger partial charge in [0.15, 0.2) is 5.82 Å². The van der Waals surface area contributed by atoms with E-state index in [4.69, 9.17) is 12.2 Å². The molecule has 0 saturated heterocycles. The van der Waals surface area contributed by atoms with Crippen LogP contribution < -0.4 is 0 Å². The van der Waals surface area contributed by atoms with Crippen LogP contribution in [0.5, 0.6) is 0 Å². The van der Waals surface area contributed by atoms with Crippen molar-refractivity contribution in [2.45, 2.75) is 6.92 Å². The fourth-order valence-corrected chi connectivity index (χ4v) is 1.21. The smallest absolute Gasteiger partial charge is 0.213 e. The number of aryl methyl sites for hydroxylation is 2. The third kappa shape index (κ3) is 1.40. The topological polar surface area (TPSA) is 62.3 Å². The molecule has 0 aliphatic rings. The van der Waals surface area contributed by atoms with E-state index in [1.807, 2.05) is 20.0 Å². The summed E-state index contributed by atoms with van der Waals surface area (Å²) in [6.45, 7) is 1.98. The van der Waals surface area contributed by atoms with Crippen LogP contribution >= 0.6 is 12.2 Å². The fourth-order valence-electron chi connectivity index (χ4n) is 1.07. The number of nitrogens with zero attached hydrogens (tertiary/aromatic N) is 3. The number of aromatic amines is 2. The molecule has 0 radical (unpaired) electrons. The molecular weight excluding hydrogens is 186 g/mol. The molecule has 0 saturated carbocycles. The van der Waals surface area contributed by atoms with Crippen LogP contribution in [0.25, 0.3) is 11.5 Å². The molecular formula is C7H9N5S. The van der Waals surface area contributed by atoms with E-state index < -0.39 is 0 Å². The highest BCUT2D eigenvalue weighted by molar-refractivity contribution is 7.71. The van der Waals surface area contributed by atoms with Crippen LogP contribution in [0, 0.1) is 11.7 Å². The van der Waals surface area contributed by atoms with Crippen molar-refractivity contribution in [2.24, 2.45) is 7.05 Å². The zero-order valence-electron chi connectivity index (χ0n) is 7.33. The van der Waals surface area contributed by atoms with E-state index in [1.54, 1.807) is 4.68 Å². The van der Waals surface area contributed by atoms with Gasteiger partial charge in [0.2, 0.25) is 4.77 Å². The van der Waals surface area contributed by atoms with Gasteiger partial charge < -0.3 is 0 Å². The van der Waals surface area contributed by atoms with Crippen LogP contribution in [0.2, 0.25) is 0 Å². The highest BCUT2D eigenvalue weighted by Gasteiger charge is 2.06. The summed E-state index contributed by atoms with van der Waals surface area (Å²) in [6, 6.07) is 1.95. The molecule has 0 unspecified atom stereocenters. The molecule has 0 bridgehead atoms. The second-order valence-electron chi connectivity index (χ2n) is 2.81. The standard InChI is InChI=1S/C7H9N5S/c1-4-3-5(11-12(4)2)6-8-7(13)10-9-6/h3H,1-2H3,(H2,8,9,10,13). The Morgan fingerprint density at radius 3 is 2.69 bits per heavy atom. The maximum Gasteiger partial charge on any atom is 0.213 e. The molecule has 0 aliphatic heterocycles. The summed E-state index contributed by atoms with van der Waals surface area (Å²) in [4.78, 5) is 4.06. The molecule has 0 fully saturated rings. The summed E-state index contributed by atoms with van der Waals surface area (Å²) < 4.78 is 2.24. The summed E-state index contributed by atoms with van der Waals surface area (Å²) in [5, 5.41) is 9.82. The quantitative estimate of drug-likeness (QED) is 0.671. The van der Waals surface area contributed by atoms with Gasteiger partial charge in [-0.2, -0.15) is 10.1 Å². The minimum atomic E-state index is 0.443. The minimum absolute atomic E-state index is 0.443. The first-order chi connectivity index (χ1) is 6.16. The van der Waals surface area contributed by atoms with E-state index in [-0.39, 0.29) is 0 Å². The lowest BCUT2D eigenvalue weighted by Crippen LogP contribution is -1.92. The van der Waals surface area contributed by atoms with E-state index in [0.717, 1.165) is 11.4 Å². The van der Waals surface area contributed by atoms with Crippen molar-refractivity contribution < 1.29 is 0 Å². The Morgan fingerprint density at radius 1 is 1.46 bits per heavy atom. The average Bonchev–Trinajstić information content (AvgIpc) is 2.61. The van der Waals surface area contributed by atoms with Crippen LogP contribution in [0.3, 0.4) is 0 Å². The van der Waals surface area contributed by atoms with Gasteiger partial charge in [0.25, 0.3) is 0 Å². The Hall–Kier alpha value is -1.43. The number of aromatic nitrogens is 5. The Bertz CT molecular complexity index is 458. The molecule has 0 spiro atoms. The van der Waals surface area contributed by atoms with E-state index in [1.165, 1.54) is 0 Å². The summed E-state index contributed by atoms with van der Waals surface area (Å²) in [5.41, 5.74) is 1.88. The Morgan fingerprint density at radius 2 is 2.23 bits per heavy atom. The summed E-state index contributed by atoms with van der Waals surface area (Å²) in [5.74, 6) is 0.675. The number of H-pyrrole nitrogens is 2. The van der Waals surface area contributed by atoms with Gasteiger partial charge >= 0.3 is 0 Å². The minimum Gasteiger partial charge on any atom is -0.280 e. The van der Waals surface area contributed by atoms with Crippen LogP contribution in [0.1, 0.15) is 5.69 Å². The number of rotatable bonds is 1. The number of hydrogen-bond acceptors (Lipinski definition) is 3. The first-order valence-electron chi connectivity index (χ1n) is 3.82. The molecule has 2 aromatic rings. The first kappa shape index (κ1) is 8.18. The third-order valence-corrected chi connectivity index (χ3v) is 2.05. The van der Waals surface area contributed by atoms with Crippen LogP contribution in [0.15, 0.2) is 6.07 Å². The molecule has 5 nitrogen and oxygen atoms in total. The zero-order valence-corrected chi connectivity index (χ0v) is 8.14. The summed E-state index contributed by atoms with van der Waals surface area (Å²) >= 11 is 4.84. The van der Waals surface area contributed by atoms with Gasteiger partial charge in [-0.1, -0.05) is 0 Å². The molecule has 0 aliphatic carbocycles. The maximum absolute atomic E-state index is 4.84. The van der Waals surface area contributed by atoms with E-state index in [9.17, 15) is 0 Å². The highest BCUT2D eigenvalue weighted by atomic mass is 32.1. The Kier molecular flexibility index (Phi) is 1.77. The van der Waals surface area contributed by atoms with Gasteiger partial charge in [0.1, 0.15) is 5.69 Å². The zero-order chi connectivity index (χ0) is 9.42. The lowest BCUT2D eigenvalue weighted by Gasteiger charge is -1.88. The second-order valence-corrected chi connectivity index (χ2v) is 3.20. The summed E-state index contributed by atoms with van der Waals surface area (Å²) in [7, 11) is 1.89. The summed E-state index contributed by atoms with van der Waals surface area (Å²) in [6.07, 6.45) is 0. The predicted molar refractivity (Wildman–Crippen MR) is 50.7 cm³/mol. The van der Waals surface area contributed by atoms with Crippen molar-refractivity contribution in [1.29, 1.82) is 0 Å². The predicted octanol–water partition coefficient (Wildman–Crippen LogP) is 1.18.